The zero-order chi connectivity index (χ0) is 58.4. The number of benzene rings is 2. The van der Waals surface area contributed by atoms with Crippen LogP contribution in [0.25, 0.3) is 0 Å². The maximum absolute atomic E-state index is 14.4. The first-order chi connectivity index (χ1) is 37.6. The number of guanidine groups is 2. The molecule has 0 bridgehead atoms. The van der Waals surface area contributed by atoms with E-state index in [-0.39, 0.29) is 82.1 Å². The van der Waals surface area contributed by atoms with Gasteiger partial charge in [-0.3, -0.25) is 57.9 Å². The van der Waals surface area contributed by atoms with Gasteiger partial charge in [0.2, 0.25) is 53.2 Å². The van der Waals surface area contributed by atoms with Crippen molar-refractivity contribution in [1.29, 1.82) is 0 Å². The Morgan fingerprint density at radius 3 is 1.52 bits per heavy atom. The molecule has 0 aliphatic rings. The van der Waals surface area contributed by atoms with Crippen LogP contribution in [0.3, 0.4) is 0 Å². The van der Waals surface area contributed by atoms with E-state index >= 15 is 0 Å². The van der Waals surface area contributed by atoms with E-state index in [0.717, 1.165) is 0 Å². The molecular formula is C49H72N18O11S. The molecule has 2 aromatic carbocycles. The van der Waals surface area contributed by atoms with Crippen LogP contribution in [0, 0.1) is 0 Å². The third-order valence-electron chi connectivity index (χ3n) is 11.6. The van der Waals surface area contributed by atoms with Crippen LogP contribution in [0.15, 0.2) is 83.2 Å². The molecule has 0 unspecified atom stereocenters. The number of carboxylic acid groups (broad SMARTS) is 1. The van der Waals surface area contributed by atoms with E-state index in [1.54, 1.807) is 60.7 Å². The van der Waals surface area contributed by atoms with Crippen molar-refractivity contribution in [3.05, 3.63) is 90.0 Å². The molecule has 0 fully saturated rings. The smallest absolute Gasteiger partial charge is 0.303 e. The maximum atomic E-state index is 14.4. The van der Waals surface area contributed by atoms with Gasteiger partial charge >= 0.3 is 5.97 Å². The number of nitrogens with one attached hydrogen (secondary N) is 9. The first-order valence-corrected chi connectivity index (χ1v) is 25.6. The molecule has 0 spiro atoms. The lowest BCUT2D eigenvalue weighted by Gasteiger charge is -2.27. The molecule has 22 N–H and O–H groups in total. The molecule has 30 heteroatoms. The number of carbonyl (C=O) groups excluding carboxylic acids is 9. The third-order valence-corrected chi connectivity index (χ3v) is 12.0. The minimum atomic E-state index is -1.40. The molecule has 8 atom stereocenters. The SMILES string of the molecule is C[C@H](NC(=O)[C@H](Cc1cnc[nH]1)NC(=O)[C@@H](N)CCC(=O)O)C(=O)NCC(=O)N[C@@H](CS)C(=O)N[C@@H](CCCN=C(N)N)C(=O)N[C@@H](Cc1ccccc1)C(=O)N[C@@H](CCCN=C(N)N)C(=O)N[C@@H](Cc1ccccc1)C(N)=O. The van der Waals surface area contributed by atoms with Crippen molar-refractivity contribution in [3.8, 4) is 0 Å². The number of amides is 9. The maximum Gasteiger partial charge on any atom is 0.303 e. The number of aliphatic carboxylic acids is 1. The number of carbonyl (C=O) groups is 10. The van der Waals surface area contributed by atoms with Crippen LogP contribution in [0.2, 0.25) is 0 Å². The van der Waals surface area contributed by atoms with Crippen LogP contribution < -0.4 is 76.9 Å². The standard InChI is InChI=1S/C49H72N18O11S/c1-27(61-45(76)36(22-30-23-56-26-60-30)66-42(73)31(50)16-17-39(69)70)41(72)59-24-38(68)62-37(25-79)47(78)64-33(15-9-19-58-49(54)55)44(75)67-35(21-29-12-6-3-7-13-29)46(77)63-32(14-8-18-57-48(52)53)43(74)65-34(40(51)71)20-28-10-4-2-5-11-28/h2-7,10-13,23,26-27,31-37,79H,8-9,14-22,24-25,50H2,1H3,(H2,51,71)(H,56,60)(H,59,72)(H,61,76)(H,62,68)(H,63,77)(H,64,78)(H,65,74)(H,66,73)(H,67,75)(H,69,70)(H4,52,53,57)(H4,54,55,58)/t27-,31-,32-,33-,34-,35-,36-,37-/m0/s1. The third kappa shape index (κ3) is 24.8. The quantitative estimate of drug-likeness (QED) is 0.0113. The molecule has 29 nitrogen and oxygen atoms in total. The summed E-state index contributed by atoms with van der Waals surface area (Å²) in [6.45, 7) is 0.701. The predicted molar refractivity (Wildman–Crippen MR) is 292 cm³/mol. The monoisotopic (exact) mass is 1120 g/mol. The number of thiol groups is 1. The molecule has 0 saturated carbocycles. The average Bonchev–Trinajstić information content (AvgIpc) is 3.93. The van der Waals surface area contributed by atoms with E-state index in [9.17, 15) is 47.9 Å². The zero-order valence-electron chi connectivity index (χ0n) is 43.5. The first-order valence-electron chi connectivity index (χ1n) is 25.0. The van der Waals surface area contributed by atoms with E-state index < -0.39 is 120 Å². The van der Waals surface area contributed by atoms with Gasteiger partial charge in [-0.15, -0.1) is 0 Å². The highest BCUT2D eigenvalue weighted by Gasteiger charge is 2.33. The van der Waals surface area contributed by atoms with E-state index in [0.29, 0.717) is 16.8 Å². The fourth-order valence-corrected chi connectivity index (χ4v) is 7.68. The summed E-state index contributed by atoms with van der Waals surface area (Å²) in [5.74, 6) is -9.46. The Morgan fingerprint density at radius 2 is 1.04 bits per heavy atom. The number of nitrogens with zero attached hydrogens (tertiary/aromatic N) is 3. The lowest BCUT2D eigenvalue weighted by Crippen LogP contribution is -2.60. The summed E-state index contributed by atoms with van der Waals surface area (Å²) in [6.07, 6.45) is 2.16. The second-order valence-corrected chi connectivity index (χ2v) is 18.4. The van der Waals surface area contributed by atoms with Crippen LogP contribution in [0.1, 0.15) is 62.3 Å². The van der Waals surface area contributed by atoms with Crippen LogP contribution in [-0.2, 0) is 67.2 Å². The molecule has 0 radical (unpaired) electrons. The van der Waals surface area contributed by atoms with Crippen molar-refractivity contribution < 1.29 is 53.1 Å². The summed E-state index contributed by atoms with van der Waals surface area (Å²) >= 11 is 4.22. The van der Waals surface area contributed by atoms with Gasteiger partial charge in [-0.25, -0.2) is 4.98 Å². The summed E-state index contributed by atoms with van der Waals surface area (Å²) < 4.78 is 0. The largest absolute Gasteiger partial charge is 0.481 e. The van der Waals surface area contributed by atoms with Crippen LogP contribution >= 0.6 is 12.6 Å². The molecular weight excluding hydrogens is 1050 g/mol. The van der Waals surface area contributed by atoms with Gasteiger partial charge in [-0.1, -0.05) is 60.7 Å². The number of aromatic nitrogens is 2. The van der Waals surface area contributed by atoms with Gasteiger partial charge in [0.1, 0.15) is 42.3 Å². The Morgan fingerprint density at radius 1 is 0.582 bits per heavy atom. The fourth-order valence-electron chi connectivity index (χ4n) is 7.42. The Labute approximate surface area is 460 Å². The molecule has 79 heavy (non-hydrogen) atoms. The topological polar surface area (TPSA) is 497 Å². The first kappa shape index (κ1) is 64.5. The summed E-state index contributed by atoms with van der Waals surface area (Å²) in [6, 6.07) is 6.86. The summed E-state index contributed by atoms with van der Waals surface area (Å²) in [7, 11) is 0. The Hall–Kier alpha value is -8.80. The van der Waals surface area contributed by atoms with E-state index in [2.05, 4.69) is 75.1 Å². The lowest BCUT2D eigenvalue weighted by molar-refractivity contribution is -0.137. The van der Waals surface area contributed by atoms with Gasteiger partial charge in [0.25, 0.3) is 0 Å². The Bertz CT molecular complexity index is 2570. The van der Waals surface area contributed by atoms with Crippen molar-refractivity contribution in [2.24, 2.45) is 44.4 Å². The normalized spacial score (nSPS) is 13.8. The van der Waals surface area contributed by atoms with E-state index in [1.807, 2.05) is 0 Å². The molecule has 9 amide bonds. The van der Waals surface area contributed by atoms with Crippen molar-refractivity contribution in [1.82, 2.24) is 52.5 Å². The van der Waals surface area contributed by atoms with Crippen LogP contribution in [0.4, 0.5) is 0 Å². The Balaban J connectivity index is 1.77. The molecule has 0 aliphatic heterocycles. The molecule has 430 valence electrons. The zero-order valence-corrected chi connectivity index (χ0v) is 44.4. The molecule has 1 aromatic heterocycles. The van der Waals surface area contributed by atoms with Gasteiger partial charge in [0, 0.05) is 56.4 Å². The molecule has 0 aliphatic carbocycles. The molecule has 3 aromatic rings. The molecule has 0 saturated heterocycles. The highest BCUT2D eigenvalue weighted by atomic mass is 32.1. The number of aromatic amines is 1. The summed E-state index contributed by atoms with van der Waals surface area (Å²) in [5.41, 5.74) is 35.3. The number of H-pyrrole nitrogens is 1. The van der Waals surface area contributed by atoms with Crippen LogP contribution in [0.5, 0.6) is 0 Å². The highest BCUT2D eigenvalue weighted by Crippen LogP contribution is 2.10. The van der Waals surface area contributed by atoms with E-state index in [1.165, 1.54) is 19.4 Å². The molecule has 1 heterocycles. The van der Waals surface area contributed by atoms with Crippen molar-refractivity contribution in [3.63, 3.8) is 0 Å². The number of primary amides is 1. The lowest BCUT2D eigenvalue weighted by atomic mass is 10.0. The number of hydrogen-bond acceptors (Lipinski definition) is 15. The molecule has 3 rings (SSSR count). The van der Waals surface area contributed by atoms with Crippen molar-refractivity contribution in [2.75, 3.05) is 25.4 Å². The summed E-state index contributed by atoms with van der Waals surface area (Å²) in [4.78, 5) is 147. The van der Waals surface area contributed by atoms with Gasteiger partial charge in [0.15, 0.2) is 11.9 Å². The number of aliphatic imine (C=N–C) groups is 2. The minimum Gasteiger partial charge on any atom is -0.481 e. The number of nitrogens with two attached hydrogens (primary N) is 6. The number of rotatable bonds is 35. The fraction of sp³-hybridized carbons (Fsp3) is 0.449. The van der Waals surface area contributed by atoms with Crippen LogP contribution in [-0.4, -0.2) is 160 Å². The number of carboxylic acids is 1. The number of imidazole rings is 1. The summed E-state index contributed by atoms with van der Waals surface area (Å²) in [5, 5.41) is 29.2. The van der Waals surface area contributed by atoms with Gasteiger partial charge in [-0.05, 0) is 50.2 Å². The van der Waals surface area contributed by atoms with Gasteiger partial charge in [-0.2, -0.15) is 12.6 Å². The van der Waals surface area contributed by atoms with Gasteiger partial charge < -0.3 is 87.0 Å². The predicted octanol–water partition coefficient (Wildman–Crippen LogP) is -5.32. The van der Waals surface area contributed by atoms with E-state index in [4.69, 9.17) is 39.5 Å². The Kier molecular flexibility index (Phi) is 27.8. The van der Waals surface area contributed by atoms with Crippen molar-refractivity contribution >= 4 is 83.7 Å². The van der Waals surface area contributed by atoms with Crippen molar-refractivity contribution in [2.45, 2.75) is 113 Å². The second-order valence-electron chi connectivity index (χ2n) is 18.1. The second kappa shape index (κ2) is 34.1. The van der Waals surface area contributed by atoms with Gasteiger partial charge in [0.05, 0.1) is 18.9 Å². The minimum absolute atomic E-state index is 0.0245. The number of hydrogen-bond donors (Lipinski definition) is 17. The average molecular weight is 1120 g/mol. The highest BCUT2D eigenvalue weighted by molar-refractivity contribution is 7.80.